The van der Waals surface area contributed by atoms with E-state index in [2.05, 4.69) is 10.2 Å². The predicted molar refractivity (Wildman–Crippen MR) is 101 cm³/mol. The summed E-state index contributed by atoms with van der Waals surface area (Å²) in [4.78, 5) is 14.8. The number of nitrogens with zero attached hydrogens (tertiary/aromatic N) is 2. The van der Waals surface area contributed by atoms with E-state index in [0.29, 0.717) is 6.54 Å². The number of benzene rings is 1. The van der Waals surface area contributed by atoms with E-state index in [0.717, 1.165) is 54.8 Å². The quantitative estimate of drug-likeness (QED) is 0.675. The maximum atomic E-state index is 13.5. The zero-order valence-electron chi connectivity index (χ0n) is 15.7. The molecule has 1 aliphatic heterocycles. The Bertz CT molecular complexity index is 752. The molecule has 2 rings (SSSR count). The first-order chi connectivity index (χ1) is 12.7. The van der Waals surface area contributed by atoms with Crippen molar-refractivity contribution in [1.82, 2.24) is 10.2 Å². The van der Waals surface area contributed by atoms with Gasteiger partial charge in [0.1, 0.15) is 6.04 Å². The zero-order valence-corrected chi connectivity index (χ0v) is 16.6. The van der Waals surface area contributed by atoms with Crippen molar-refractivity contribution in [3.8, 4) is 0 Å². The van der Waals surface area contributed by atoms with Gasteiger partial charge in [0.15, 0.2) is 11.6 Å². The van der Waals surface area contributed by atoms with Crippen molar-refractivity contribution < 1.29 is 22.0 Å². The molecule has 1 heterocycles. The number of carbonyl (C=O) groups excluding carboxylic acids is 1. The summed E-state index contributed by atoms with van der Waals surface area (Å²) in [5.74, 6) is -2.74. The van der Waals surface area contributed by atoms with Gasteiger partial charge in [0.25, 0.3) is 0 Å². The predicted octanol–water partition coefficient (Wildman–Crippen LogP) is 2.11. The maximum Gasteiger partial charge on any atom is 0.243 e. The van der Waals surface area contributed by atoms with Gasteiger partial charge in [-0.15, -0.1) is 0 Å². The molecular formula is C18H27F2N3O3S. The standard InChI is InChI=1S/C18H27F2N3O3S/c1-14(18(24)21-9-6-12-22-10-4-3-5-11-22)23(27(2,25)26)15-7-8-16(19)17(20)13-15/h7-8,13-14H,3-6,9-12H2,1-2H3,(H,21,24)/t14-/m1/s1. The van der Waals surface area contributed by atoms with Crippen molar-refractivity contribution >= 4 is 21.6 Å². The molecular weight excluding hydrogens is 376 g/mol. The van der Waals surface area contributed by atoms with Crippen LogP contribution in [0.25, 0.3) is 0 Å². The summed E-state index contributed by atoms with van der Waals surface area (Å²) < 4.78 is 51.7. The minimum Gasteiger partial charge on any atom is -0.354 e. The van der Waals surface area contributed by atoms with Crippen LogP contribution in [0.4, 0.5) is 14.5 Å². The molecule has 0 radical (unpaired) electrons. The maximum absolute atomic E-state index is 13.5. The Balaban J connectivity index is 1.96. The number of sulfonamides is 1. The Morgan fingerprint density at radius 3 is 2.48 bits per heavy atom. The number of likely N-dealkylation sites (tertiary alicyclic amines) is 1. The highest BCUT2D eigenvalue weighted by Crippen LogP contribution is 2.23. The molecule has 0 aromatic heterocycles. The molecule has 0 aliphatic carbocycles. The van der Waals surface area contributed by atoms with Crippen LogP contribution < -0.4 is 9.62 Å². The van der Waals surface area contributed by atoms with Crippen molar-refractivity contribution in [3.05, 3.63) is 29.8 Å². The average Bonchev–Trinajstić information content (AvgIpc) is 2.61. The summed E-state index contributed by atoms with van der Waals surface area (Å²) in [6.45, 7) is 4.87. The lowest BCUT2D eigenvalue weighted by atomic mass is 10.1. The van der Waals surface area contributed by atoms with Gasteiger partial charge in [-0.3, -0.25) is 9.10 Å². The second-order valence-corrected chi connectivity index (χ2v) is 8.74. The number of hydrogen-bond donors (Lipinski definition) is 1. The number of amides is 1. The Morgan fingerprint density at radius 1 is 1.22 bits per heavy atom. The van der Waals surface area contributed by atoms with Crippen LogP contribution in [0.2, 0.25) is 0 Å². The van der Waals surface area contributed by atoms with Crippen LogP contribution in [0.3, 0.4) is 0 Å². The summed E-state index contributed by atoms with van der Waals surface area (Å²) in [7, 11) is -3.86. The van der Waals surface area contributed by atoms with Crippen LogP contribution in [-0.4, -0.2) is 57.7 Å². The number of nitrogens with one attached hydrogen (secondary N) is 1. The first-order valence-electron chi connectivity index (χ1n) is 9.14. The summed E-state index contributed by atoms with van der Waals surface area (Å²) >= 11 is 0. The highest BCUT2D eigenvalue weighted by atomic mass is 32.2. The van der Waals surface area contributed by atoms with E-state index in [1.165, 1.54) is 26.2 Å². The Labute approximate surface area is 159 Å². The van der Waals surface area contributed by atoms with Gasteiger partial charge in [0.2, 0.25) is 15.9 Å². The summed E-state index contributed by atoms with van der Waals surface area (Å²) in [5.41, 5.74) is -0.0904. The van der Waals surface area contributed by atoms with Crippen LogP contribution in [-0.2, 0) is 14.8 Å². The monoisotopic (exact) mass is 403 g/mol. The van der Waals surface area contributed by atoms with E-state index in [-0.39, 0.29) is 5.69 Å². The summed E-state index contributed by atoms with van der Waals surface area (Å²) in [6.07, 6.45) is 5.34. The van der Waals surface area contributed by atoms with Crippen molar-refractivity contribution in [1.29, 1.82) is 0 Å². The number of piperidine rings is 1. The molecule has 27 heavy (non-hydrogen) atoms. The van der Waals surface area contributed by atoms with E-state index in [1.54, 1.807) is 0 Å². The smallest absolute Gasteiger partial charge is 0.243 e. The second kappa shape index (κ2) is 9.45. The van der Waals surface area contributed by atoms with Gasteiger partial charge < -0.3 is 10.2 Å². The summed E-state index contributed by atoms with van der Waals surface area (Å²) in [6, 6.07) is 1.67. The molecule has 6 nitrogen and oxygen atoms in total. The SMILES string of the molecule is C[C@H](C(=O)NCCCN1CCCCC1)N(c1ccc(F)c(F)c1)S(C)(=O)=O. The molecule has 1 atom stereocenters. The van der Waals surface area contributed by atoms with E-state index in [9.17, 15) is 22.0 Å². The molecule has 1 aromatic carbocycles. The molecule has 0 saturated carbocycles. The van der Waals surface area contributed by atoms with E-state index in [1.807, 2.05) is 0 Å². The first-order valence-corrected chi connectivity index (χ1v) is 11.0. The molecule has 1 amide bonds. The van der Waals surface area contributed by atoms with Crippen molar-refractivity contribution in [2.45, 2.75) is 38.6 Å². The molecule has 0 spiro atoms. The molecule has 1 N–H and O–H groups in total. The molecule has 1 aromatic rings. The Hall–Kier alpha value is -1.74. The third-order valence-corrected chi connectivity index (χ3v) is 5.89. The van der Waals surface area contributed by atoms with Gasteiger partial charge in [0.05, 0.1) is 11.9 Å². The highest BCUT2D eigenvalue weighted by Gasteiger charge is 2.29. The lowest BCUT2D eigenvalue weighted by Crippen LogP contribution is -2.48. The molecule has 9 heteroatoms. The van der Waals surface area contributed by atoms with E-state index >= 15 is 0 Å². The van der Waals surface area contributed by atoms with Gasteiger partial charge in [-0.1, -0.05) is 6.42 Å². The number of halogens is 2. The molecule has 1 aliphatic rings. The normalized spacial score (nSPS) is 16.7. The Morgan fingerprint density at radius 2 is 1.89 bits per heavy atom. The van der Waals surface area contributed by atoms with Gasteiger partial charge in [-0.2, -0.15) is 0 Å². The number of hydrogen-bond acceptors (Lipinski definition) is 4. The minimum atomic E-state index is -3.86. The van der Waals surface area contributed by atoms with Gasteiger partial charge in [0, 0.05) is 12.6 Å². The molecule has 1 fully saturated rings. The van der Waals surface area contributed by atoms with Crippen LogP contribution in [0, 0.1) is 11.6 Å². The minimum absolute atomic E-state index is 0.0904. The topological polar surface area (TPSA) is 69.7 Å². The van der Waals surface area contributed by atoms with Crippen LogP contribution in [0.1, 0.15) is 32.6 Å². The van der Waals surface area contributed by atoms with Gasteiger partial charge in [-0.25, -0.2) is 17.2 Å². The summed E-state index contributed by atoms with van der Waals surface area (Å²) in [5, 5.41) is 2.73. The third kappa shape index (κ3) is 6.14. The molecule has 0 unspecified atom stereocenters. The second-order valence-electron chi connectivity index (χ2n) is 6.88. The molecule has 152 valence electrons. The van der Waals surface area contributed by atoms with Gasteiger partial charge in [-0.05, 0) is 58.0 Å². The molecule has 1 saturated heterocycles. The fourth-order valence-corrected chi connectivity index (χ4v) is 4.44. The lowest BCUT2D eigenvalue weighted by Gasteiger charge is -2.29. The fraction of sp³-hybridized carbons (Fsp3) is 0.611. The van der Waals surface area contributed by atoms with E-state index < -0.39 is 33.6 Å². The highest BCUT2D eigenvalue weighted by molar-refractivity contribution is 7.92. The van der Waals surface area contributed by atoms with Crippen molar-refractivity contribution in [2.75, 3.05) is 36.7 Å². The Kier molecular flexibility index (Phi) is 7.55. The number of anilines is 1. The van der Waals surface area contributed by atoms with Gasteiger partial charge >= 0.3 is 0 Å². The van der Waals surface area contributed by atoms with Crippen LogP contribution in [0.5, 0.6) is 0 Å². The lowest BCUT2D eigenvalue weighted by molar-refractivity contribution is -0.121. The number of rotatable bonds is 8. The third-order valence-electron chi connectivity index (χ3n) is 4.65. The zero-order chi connectivity index (χ0) is 20.0. The first kappa shape index (κ1) is 21.6. The largest absolute Gasteiger partial charge is 0.354 e. The van der Waals surface area contributed by atoms with E-state index in [4.69, 9.17) is 0 Å². The number of carbonyl (C=O) groups is 1. The van der Waals surface area contributed by atoms with Crippen molar-refractivity contribution in [3.63, 3.8) is 0 Å². The average molecular weight is 403 g/mol. The fourth-order valence-electron chi connectivity index (χ4n) is 3.28. The van der Waals surface area contributed by atoms with Crippen LogP contribution in [0.15, 0.2) is 18.2 Å². The van der Waals surface area contributed by atoms with Crippen molar-refractivity contribution in [2.24, 2.45) is 0 Å². The molecule has 0 bridgehead atoms. The van der Waals surface area contributed by atoms with Crippen LogP contribution >= 0.6 is 0 Å².